The first kappa shape index (κ1) is 23.6. The van der Waals surface area contributed by atoms with Gasteiger partial charge in [-0.05, 0) is 56.1 Å². The Morgan fingerprint density at radius 1 is 1.13 bits per heavy atom. The fourth-order valence-electron chi connectivity index (χ4n) is 4.79. The summed E-state index contributed by atoms with van der Waals surface area (Å²) in [5, 5.41) is 7.02. The molecule has 0 unspecified atom stereocenters. The number of guanidine groups is 1. The minimum atomic E-state index is 0.266. The molecule has 1 heterocycles. The van der Waals surface area contributed by atoms with E-state index in [1.54, 1.807) is 0 Å². The molecule has 0 radical (unpaired) electrons. The number of hydrogen-bond donors (Lipinski definition) is 2. The van der Waals surface area contributed by atoms with Crippen LogP contribution in [0.15, 0.2) is 29.3 Å². The third-order valence-electron chi connectivity index (χ3n) is 6.68. The topological polar surface area (TPSA) is 66.0 Å². The van der Waals surface area contributed by atoms with Gasteiger partial charge >= 0.3 is 0 Å². The molecule has 1 saturated carbocycles. The molecule has 1 aromatic carbocycles. The van der Waals surface area contributed by atoms with Gasteiger partial charge < -0.3 is 20.3 Å². The summed E-state index contributed by atoms with van der Waals surface area (Å²) in [7, 11) is 0. The molecule has 0 aromatic heterocycles. The van der Waals surface area contributed by atoms with Crippen molar-refractivity contribution in [2.75, 3.05) is 32.8 Å². The van der Waals surface area contributed by atoms with Crippen LogP contribution in [0.2, 0.25) is 0 Å². The van der Waals surface area contributed by atoms with Gasteiger partial charge in [-0.2, -0.15) is 0 Å². The maximum atomic E-state index is 12.0. The van der Waals surface area contributed by atoms with Gasteiger partial charge in [0.05, 0.1) is 6.54 Å². The van der Waals surface area contributed by atoms with Crippen molar-refractivity contribution >= 4 is 11.9 Å². The molecule has 6 heteroatoms. The SMILES string of the molecule is CCNC(=NCc1ccccc1CN1CCCC1=O)NCC1(CCOCC)CCCC1. The van der Waals surface area contributed by atoms with Crippen molar-refractivity contribution in [1.82, 2.24) is 15.5 Å². The molecule has 2 fully saturated rings. The number of rotatable bonds is 11. The average Bonchev–Trinajstić information content (AvgIpc) is 3.41. The molecule has 0 spiro atoms. The maximum Gasteiger partial charge on any atom is 0.222 e. The van der Waals surface area contributed by atoms with E-state index in [4.69, 9.17) is 9.73 Å². The molecule has 6 nitrogen and oxygen atoms in total. The first-order valence-electron chi connectivity index (χ1n) is 12.1. The van der Waals surface area contributed by atoms with Gasteiger partial charge in [0, 0.05) is 45.8 Å². The minimum absolute atomic E-state index is 0.266. The van der Waals surface area contributed by atoms with E-state index in [2.05, 4.69) is 48.7 Å². The lowest BCUT2D eigenvalue weighted by Gasteiger charge is -2.30. The van der Waals surface area contributed by atoms with Crippen molar-refractivity contribution < 1.29 is 9.53 Å². The molecule has 1 amide bonds. The van der Waals surface area contributed by atoms with Crippen LogP contribution in [-0.2, 0) is 22.6 Å². The number of carbonyl (C=O) groups excluding carboxylic acids is 1. The van der Waals surface area contributed by atoms with Crippen LogP contribution in [-0.4, -0.2) is 49.6 Å². The van der Waals surface area contributed by atoms with E-state index < -0.39 is 0 Å². The molecule has 1 aliphatic carbocycles. The highest BCUT2D eigenvalue weighted by Crippen LogP contribution is 2.40. The molecule has 1 saturated heterocycles. The Balaban J connectivity index is 1.62. The van der Waals surface area contributed by atoms with Gasteiger partial charge in [0.15, 0.2) is 5.96 Å². The van der Waals surface area contributed by atoms with Crippen molar-refractivity contribution in [3.8, 4) is 0 Å². The lowest BCUT2D eigenvalue weighted by atomic mass is 9.83. The zero-order valence-electron chi connectivity index (χ0n) is 19.4. The number of ether oxygens (including phenoxy) is 1. The fourth-order valence-corrected chi connectivity index (χ4v) is 4.79. The normalized spacial score (nSPS) is 18.6. The number of aliphatic imine (C=N–C) groups is 1. The Bertz CT molecular complexity index is 728. The minimum Gasteiger partial charge on any atom is -0.382 e. The number of likely N-dealkylation sites (tertiary alicyclic amines) is 1. The van der Waals surface area contributed by atoms with Crippen LogP contribution in [0, 0.1) is 5.41 Å². The van der Waals surface area contributed by atoms with Crippen LogP contribution in [0.25, 0.3) is 0 Å². The summed E-state index contributed by atoms with van der Waals surface area (Å²) in [4.78, 5) is 18.9. The van der Waals surface area contributed by atoms with Crippen molar-refractivity contribution in [1.29, 1.82) is 0 Å². The Kier molecular flexibility index (Phi) is 9.19. The van der Waals surface area contributed by atoms with Gasteiger partial charge in [0.1, 0.15) is 0 Å². The van der Waals surface area contributed by atoms with Gasteiger partial charge in [-0.25, -0.2) is 4.99 Å². The quantitative estimate of drug-likeness (QED) is 0.319. The van der Waals surface area contributed by atoms with Crippen molar-refractivity contribution in [2.24, 2.45) is 10.4 Å². The summed E-state index contributed by atoms with van der Waals surface area (Å²) < 4.78 is 5.65. The Hall–Kier alpha value is -2.08. The second-order valence-corrected chi connectivity index (χ2v) is 8.89. The first-order chi connectivity index (χ1) is 15.2. The molecule has 1 aliphatic heterocycles. The van der Waals surface area contributed by atoms with Crippen LogP contribution in [0.5, 0.6) is 0 Å². The van der Waals surface area contributed by atoms with Gasteiger partial charge in [0.25, 0.3) is 0 Å². The number of benzene rings is 1. The van der Waals surface area contributed by atoms with Crippen LogP contribution in [0.4, 0.5) is 0 Å². The molecule has 0 atom stereocenters. The van der Waals surface area contributed by atoms with Gasteiger partial charge in [-0.1, -0.05) is 37.1 Å². The molecule has 1 aromatic rings. The third kappa shape index (κ3) is 6.96. The fraction of sp³-hybridized carbons (Fsp3) is 0.680. The van der Waals surface area contributed by atoms with Crippen molar-refractivity contribution in [3.05, 3.63) is 35.4 Å². The van der Waals surface area contributed by atoms with Gasteiger partial charge in [0.2, 0.25) is 5.91 Å². The molecular formula is C25H40N4O2. The summed E-state index contributed by atoms with van der Waals surface area (Å²) in [6.07, 6.45) is 7.91. The van der Waals surface area contributed by atoms with Gasteiger partial charge in [-0.15, -0.1) is 0 Å². The number of nitrogens with one attached hydrogen (secondary N) is 2. The van der Waals surface area contributed by atoms with E-state index in [-0.39, 0.29) is 5.91 Å². The molecule has 0 bridgehead atoms. The van der Waals surface area contributed by atoms with Crippen LogP contribution in [0.1, 0.15) is 69.9 Å². The van der Waals surface area contributed by atoms with E-state index in [0.29, 0.717) is 24.9 Å². The number of hydrogen-bond acceptors (Lipinski definition) is 3. The average molecular weight is 429 g/mol. The lowest BCUT2D eigenvalue weighted by Crippen LogP contribution is -2.43. The largest absolute Gasteiger partial charge is 0.382 e. The van der Waals surface area contributed by atoms with Gasteiger partial charge in [-0.3, -0.25) is 4.79 Å². The standard InChI is InChI=1S/C25H40N4O2/c1-3-26-24(28-20-25(13-7-8-14-25)15-17-31-4-2)27-18-21-10-5-6-11-22(21)19-29-16-9-12-23(29)30/h5-6,10-11H,3-4,7-9,12-20H2,1-2H3,(H2,26,27,28). The second kappa shape index (κ2) is 12.1. The molecule has 2 aliphatic rings. The molecule has 172 valence electrons. The summed E-state index contributed by atoms with van der Waals surface area (Å²) in [5.74, 6) is 1.14. The van der Waals surface area contributed by atoms with E-state index >= 15 is 0 Å². The number of nitrogens with zero attached hydrogens (tertiary/aromatic N) is 2. The summed E-state index contributed by atoms with van der Waals surface area (Å²) in [6, 6.07) is 8.36. The third-order valence-corrected chi connectivity index (χ3v) is 6.68. The number of amides is 1. The molecule has 3 rings (SSSR count). The highest BCUT2D eigenvalue weighted by Gasteiger charge is 2.33. The van der Waals surface area contributed by atoms with Crippen LogP contribution >= 0.6 is 0 Å². The first-order valence-corrected chi connectivity index (χ1v) is 12.1. The molecular weight excluding hydrogens is 388 g/mol. The van der Waals surface area contributed by atoms with Crippen molar-refractivity contribution in [2.45, 2.75) is 71.9 Å². The molecule has 31 heavy (non-hydrogen) atoms. The Morgan fingerprint density at radius 2 is 1.90 bits per heavy atom. The van der Waals surface area contributed by atoms with E-state index in [9.17, 15) is 4.79 Å². The monoisotopic (exact) mass is 428 g/mol. The highest BCUT2D eigenvalue weighted by molar-refractivity contribution is 5.80. The predicted octanol–water partition coefficient (Wildman–Crippen LogP) is 3.85. The Labute approximate surface area is 187 Å². The predicted molar refractivity (Wildman–Crippen MR) is 126 cm³/mol. The highest BCUT2D eigenvalue weighted by atomic mass is 16.5. The summed E-state index contributed by atoms with van der Waals surface area (Å²) in [6.45, 7) is 9.73. The summed E-state index contributed by atoms with van der Waals surface area (Å²) in [5.41, 5.74) is 2.70. The lowest BCUT2D eigenvalue weighted by molar-refractivity contribution is -0.128. The van der Waals surface area contributed by atoms with Crippen molar-refractivity contribution in [3.63, 3.8) is 0 Å². The second-order valence-electron chi connectivity index (χ2n) is 8.89. The zero-order chi connectivity index (χ0) is 21.9. The smallest absolute Gasteiger partial charge is 0.222 e. The van der Waals surface area contributed by atoms with E-state index in [0.717, 1.165) is 51.6 Å². The zero-order valence-corrected chi connectivity index (χ0v) is 19.4. The van der Waals surface area contributed by atoms with E-state index in [1.807, 2.05) is 4.90 Å². The maximum absolute atomic E-state index is 12.0. The Morgan fingerprint density at radius 3 is 2.58 bits per heavy atom. The van der Waals surface area contributed by atoms with Crippen LogP contribution < -0.4 is 10.6 Å². The number of carbonyl (C=O) groups is 1. The molecule has 2 N–H and O–H groups in total. The van der Waals surface area contributed by atoms with Crippen LogP contribution in [0.3, 0.4) is 0 Å². The van der Waals surface area contributed by atoms with E-state index in [1.165, 1.54) is 36.8 Å². The summed E-state index contributed by atoms with van der Waals surface area (Å²) >= 11 is 0.